The van der Waals surface area contributed by atoms with Crippen LogP contribution >= 0.6 is 0 Å². The van der Waals surface area contributed by atoms with E-state index in [-0.39, 0.29) is 6.10 Å². The SMILES string of the molecule is CC(C)[C@H](C)N1CCC[C@@H](O)C1. The lowest BCUT2D eigenvalue weighted by molar-refractivity contribution is 0.0392. The fraction of sp³-hybridized carbons (Fsp3) is 1.00. The third-order valence-electron chi connectivity index (χ3n) is 2.97. The monoisotopic (exact) mass is 171 g/mol. The predicted molar refractivity (Wildman–Crippen MR) is 51.1 cm³/mol. The molecule has 1 fully saturated rings. The maximum Gasteiger partial charge on any atom is 0.0667 e. The molecule has 1 aliphatic rings. The highest BCUT2D eigenvalue weighted by molar-refractivity contribution is 4.77. The predicted octanol–water partition coefficient (Wildman–Crippen LogP) is 1.49. The topological polar surface area (TPSA) is 23.5 Å². The van der Waals surface area contributed by atoms with E-state index in [9.17, 15) is 5.11 Å². The van der Waals surface area contributed by atoms with E-state index >= 15 is 0 Å². The van der Waals surface area contributed by atoms with Gasteiger partial charge in [0, 0.05) is 12.6 Å². The van der Waals surface area contributed by atoms with E-state index in [2.05, 4.69) is 25.7 Å². The van der Waals surface area contributed by atoms with Crippen molar-refractivity contribution in [2.45, 2.75) is 45.8 Å². The van der Waals surface area contributed by atoms with Crippen molar-refractivity contribution < 1.29 is 5.11 Å². The molecule has 2 heteroatoms. The number of hydrogen-bond donors (Lipinski definition) is 1. The lowest BCUT2D eigenvalue weighted by Gasteiger charge is -2.36. The van der Waals surface area contributed by atoms with Gasteiger partial charge in [0.15, 0.2) is 0 Å². The Labute approximate surface area is 75.6 Å². The fourth-order valence-corrected chi connectivity index (χ4v) is 1.77. The third-order valence-corrected chi connectivity index (χ3v) is 2.97. The lowest BCUT2D eigenvalue weighted by Crippen LogP contribution is -2.45. The second-order valence-corrected chi connectivity index (χ2v) is 4.28. The number of aliphatic hydroxyl groups excluding tert-OH is 1. The Balaban J connectivity index is 2.40. The van der Waals surface area contributed by atoms with Crippen molar-refractivity contribution in [3.8, 4) is 0 Å². The number of likely N-dealkylation sites (tertiary alicyclic amines) is 1. The molecule has 0 aliphatic carbocycles. The van der Waals surface area contributed by atoms with Gasteiger partial charge < -0.3 is 5.11 Å². The lowest BCUT2D eigenvalue weighted by atomic mass is 10.00. The summed E-state index contributed by atoms with van der Waals surface area (Å²) in [4.78, 5) is 2.40. The van der Waals surface area contributed by atoms with Gasteiger partial charge in [-0.2, -0.15) is 0 Å². The second-order valence-electron chi connectivity index (χ2n) is 4.28. The summed E-state index contributed by atoms with van der Waals surface area (Å²) < 4.78 is 0. The van der Waals surface area contributed by atoms with Crippen LogP contribution in [0.15, 0.2) is 0 Å². The Morgan fingerprint density at radius 3 is 2.50 bits per heavy atom. The zero-order valence-corrected chi connectivity index (χ0v) is 8.45. The summed E-state index contributed by atoms with van der Waals surface area (Å²) in [5.41, 5.74) is 0. The Hall–Kier alpha value is -0.0800. The van der Waals surface area contributed by atoms with Crippen LogP contribution < -0.4 is 0 Å². The minimum absolute atomic E-state index is 0.0834. The number of aliphatic hydroxyl groups is 1. The highest BCUT2D eigenvalue weighted by Crippen LogP contribution is 2.16. The highest BCUT2D eigenvalue weighted by Gasteiger charge is 2.23. The van der Waals surface area contributed by atoms with Crippen molar-refractivity contribution in [1.82, 2.24) is 4.90 Å². The highest BCUT2D eigenvalue weighted by atomic mass is 16.3. The number of β-amino-alcohol motifs (C(OH)–C–C–N with tert-alkyl or cyclic N) is 1. The molecular weight excluding hydrogens is 150 g/mol. The van der Waals surface area contributed by atoms with Crippen LogP contribution in [0.25, 0.3) is 0 Å². The van der Waals surface area contributed by atoms with Crippen molar-refractivity contribution >= 4 is 0 Å². The van der Waals surface area contributed by atoms with E-state index in [4.69, 9.17) is 0 Å². The molecule has 1 aliphatic heterocycles. The second kappa shape index (κ2) is 4.24. The molecular formula is C10H21NO. The van der Waals surface area contributed by atoms with Crippen LogP contribution in [0.1, 0.15) is 33.6 Å². The maximum absolute atomic E-state index is 9.47. The van der Waals surface area contributed by atoms with Crippen LogP contribution in [0.2, 0.25) is 0 Å². The normalized spacial score (nSPS) is 29.2. The van der Waals surface area contributed by atoms with Gasteiger partial charge in [0.25, 0.3) is 0 Å². The molecule has 0 aromatic carbocycles. The van der Waals surface area contributed by atoms with Crippen LogP contribution in [0, 0.1) is 5.92 Å². The molecule has 0 radical (unpaired) electrons. The molecule has 0 aromatic heterocycles. The average Bonchev–Trinajstić information content (AvgIpc) is 2.03. The van der Waals surface area contributed by atoms with Crippen LogP contribution in [-0.4, -0.2) is 35.2 Å². The molecule has 2 atom stereocenters. The minimum atomic E-state index is -0.0834. The molecule has 0 unspecified atom stereocenters. The number of rotatable bonds is 2. The molecule has 0 bridgehead atoms. The molecule has 0 saturated carbocycles. The van der Waals surface area contributed by atoms with Gasteiger partial charge in [-0.1, -0.05) is 13.8 Å². The molecule has 0 aromatic rings. The minimum Gasteiger partial charge on any atom is -0.392 e. The summed E-state index contributed by atoms with van der Waals surface area (Å²) in [6, 6.07) is 0.611. The van der Waals surface area contributed by atoms with E-state index in [1.165, 1.54) is 0 Å². The fourth-order valence-electron chi connectivity index (χ4n) is 1.77. The molecule has 12 heavy (non-hydrogen) atoms. The standard InChI is InChI=1S/C10H21NO/c1-8(2)9(3)11-6-4-5-10(12)7-11/h8-10,12H,4-7H2,1-3H3/t9-,10+/m0/s1. The quantitative estimate of drug-likeness (QED) is 0.680. The van der Waals surface area contributed by atoms with E-state index in [0.717, 1.165) is 25.9 Å². The Bertz CT molecular complexity index is 136. The van der Waals surface area contributed by atoms with Crippen molar-refractivity contribution in [1.29, 1.82) is 0 Å². The Morgan fingerprint density at radius 1 is 1.33 bits per heavy atom. The van der Waals surface area contributed by atoms with E-state index in [0.29, 0.717) is 12.0 Å². The first kappa shape index (κ1) is 10.0. The van der Waals surface area contributed by atoms with Crippen molar-refractivity contribution in [2.24, 2.45) is 5.92 Å². The van der Waals surface area contributed by atoms with E-state index in [1.54, 1.807) is 0 Å². The van der Waals surface area contributed by atoms with Crippen molar-refractivity contribution in [3.05, 3.63) is 0 Å². The summed E-state index contributed by atoms with van der Waals surface area (Å²) >= 11 is 0. The summed E-state index contributed by atoms with van der Waals surface area (Å²) in [6.45, 7) is 8.77. The average molecular weight is 171 g/mol. The number of nitrogens with zero attached hydrogens (tertiary/aromatic N) is 1. The van der Waals surface area contributed by atoms with Gasteiger partial charge in [-0.3, -0.25) is 4.90 Å². The first-order chi connectivity index (χ1) is 5.61. The van der Waals surface area contributed by atoms with Gasteiger partial charge >= 0.3 is 0 Å². The van der Waals surface area contributed by atoms with Crippen molar-refractivity contribution in [3.63, 3.8) is 0 Å². The van der Waals surface area contributed by atoms with Crippen LogP contribution in [0.3, 0.4) is 0 Å². The van der Waals surface area contributed by atoms with Crippen LogP contribution in [0.4, 0.5) is 0 Å². The summed E-state index contributed by atoms with van der Waals surface area (Å²) in [5.74, 6) is 0.690. The van der Waals surface area contributed by atoms with E-state index < -0.39 is 0 Å². The summed E-state index contributed by atoms with van der Waals surface area (Å²) in [7, 11) is 0. The molecule has 72 valence electrons. The first-order valence-corrected chi connectivity index (χ1v) is 5.03. The van der Waals surface area contributed by atoms with Gasteiger partial charge in [-0.25, -0.2) is 0 Å². The smallest absolute Gasteiger partial charge is 0.0667 e. The van der Waals surface area contributed by atoms with Gasteiger partial charge in [0.1, 0.15) is 0 Å². The van der Waals surface area contributed by atoms with Gasteiger partial charge in [0.05, 0.1) is 6.10 Å². The third kappa shape index (κ3) is 2.46. The molecule has 2 nitrogen and oxygen atoms in total. The molecule has 1 heterocycles. The largest absolute Gasteiger partial charge is 0.392 e. The first-order valence-electron chi connectivity index (χ1n) is 5.03. The maximum atomic E-state index is 9.47. The Morgan fingerprint density at radius 2 is 2.00 bits per heavy atom. The zero-order valence-electron chi connectivity index (χ0n) is 8.45. The number of hydrogen-bond acceptors (Lipinski definition) is 2. The van der Waals surface area contributed by atoms with Gasteiger partial charge in [-0.15, -0.1) is 0 Å². The molecule has 0 spiro atoms. The van der Waals surface area contributed by atoms with Crippen LogP contribution in [-0.2, 0) is 0 Å². The zero-order chi connectivity index (χ0) is 9.14. The van der Waals surface area contributed by atoms with E-state index in [1.807, 2.05) is 0 Å². The summed E-state index contributed by atoms with van der Waals surface area (Å²) in [5, 5.41) is 9.47. The summed E-state index contributed by atoms with van der Waals surface area (Å²) in [6.07, 6.45) is 2.06. The van der Waals surface area contributed by atoms with Crippen molar-refractivity contribution in [2.75, 3.05) is 13.1 Å². The number of piperidine rings is 1. The van der Waals surface area contributed by atoms with Gasteiger partial charge in [0.2, 0.25) is 0 Å². The molecule has 1 rings (SSSR count). The molecule has 1 saturated heterocycles. The van der Waals surface area contributed by atoms with Crippen LogP contribution in [0.5, 0.6) is 0 Å². The van der Waals surface area contributed by atoms with Gasteiger partial charge in [-0.05, 0) is 32.2 Å². The molecule has 1 N–H and O–H groups in total. The molecule has 0 amide bonds. The Kier molecular flexibility index (Phi) is 3.53.